The van der Waals surface area contributed by atoms with Gasteiger partial charge in [0.25, 0.3) is 11.8 Å². The topological polar surface area (TPSA) is 99.8 Å². The van der Waals surface area contributed by atoms with E-state index in [0.717, 1.165) is 0 Å². The molecule has 0 saturated carbocycles. The first kappa shape index (κ1) is 28.9. The molecule has 2 aromatic heterocycles. The van der Waals surface area contributed by atoms with E-state index in [2.05, 4.69) is 20.2 Å². The summed E-state index contributed by atoms with van der Waals surface area (Å²) in [6.07, 6.45) is -2.89. The fourth-order valence-electron chi connectivity index (χ4n) is 4.71. The molecule has 1 aliphatic heterocycles. The minimum atomic E-state index is -4.95. The molecule has 0 radical (unpaired) electrons. The Balaban J connectivity index is 1.84. The Morgan fingerprint density at radius 3 is 2.38 bits per heavy atom. The third kappa shape index (κ3) is 5.74. The van der Waals surface area contributed by atoms with E-state index in [9.17, 15) is 22.8 Å². The molecule has 1 amide bonds. The first-order valence-electron chi connectivity index (χ1n) is 12.3. The minimum absolute atomic E-state index is 0.0280. The number of nitrogens with zero attached hydrogens (tertiary/aromatic N) is 3. The van der Waals surface area contributed by atoms with Crippen LogP contribution in [-0.4, -0.2) is 67.2 Å². The predicted molar refractivity (Wildman–Crippen MR) is 142 cm³/mol. The highest BCUT2D eigenvalue weighted by Crippen LogP contribution is 2.38. The quantitative estimate of drug-likeness (QED) is 0.429. The molecule has 1 aromatic carbocycles. The molecule has 1 aliphatic rings. The van der Waals surface area contributed by atoms with Crippen LogP contribution in [-0.2, 0) is 6.18 Å². The van der Waals surface area contributed by atoms with Crippen LogP contribution >= 0.6 is 0 Å². The van der Waals surface area contributed by atoms with Gasteiger partial charge in [-0.1, -0.05) is 0 Å². The van der Waals surface area contributed by atoms with Gasteiger partial charge < -0.3 is 24.7 Å². The SMILES string of the molecule is COc1cc(-c2cc(NC(=O)c3c[nH]c(=O)cc3C(F)(F)F)c(N3CC(C)N(C)[C@@H](C)C3)cc2F)cnc1OC. The molecule has 2 atom stereocenters. The molecule has 0 bridgehead atoms. The number of benzene rings is 1. The third-order valence-electron chi connectivity index (χ3n) is 7.05. The van der Waals surface area contributed by atoms with Gasteiger partial charge in [-0.15, -0.1) is 0 Å². The number of methoxy groups -OCH3 is 2. The van der Waals surface area contributed by atoms with Crippen LogP contribution in [0.5, 0.6) is 11.6 Å². The lowest BCUT2D eigenvalue weighted by atomic mass is 10.0. The van der Waals surface area contributed by atoms with E-state index in [0.29, 0.717) is 31.0 Å². The lowest BCUT2D eigenvalue weighted by molar-refractivity contribution is -0.138. The fraction of sp³-hybridized carbons (Fsp3) is 0.370. The van der Waals surface area contributed by atoms with Gasteiger partial charge in [-0.05, 0) is 39.1 Å². The molecule has 3 aromatic rings. The van der Waals surface area contributed by atoms with Gasteiger partial charge in [0.05, 0.1) is 36.7 Å². The number of pyridine rings is 2. The van der Waals surface area contributed by atoms with Crippen molar-refractivity contribution in [1.82, 2.24) is 14.9 Å². The van der Waals surface area contributed by atoms with E-state index in [1.54, 1.807) is 0 Å². The first-order valence-corrected chi connectivity index (χ1v) is 12.3. The summed E-state index contributed by atoms with van der Waals surface area (Å²) in [6, 6.07) is 4.55. The van der Waals surface area contributed by atoms with Crippen LogP contribution in [0.2, 0.25) is 0 Å². The number of aromatic nitrogens is 2. The highest BCUT2D eigenvalue weighted by atomic mass is 19.4. The molecule has 13 heteroatoms. The molecule has 40 heavy (non-hydrogen) atoms. The molecule has 9 nitrogen and oxygen atoms in total. The molecular weight excluding hydrogens is 534 g/mol. The number of amides is 1. The highest BCUT2D eigenvalue weighted by molar-refractivity contribution is 6.07. The summed E-state index contributed by atoms with van der Waals surface area (Å²) in [7, 11) is 4.77. The summed E-state index contributed by atoms with van der Waals surface area (Å²) in [6.45, 7) is 4.95. The number of H-pyrrole nitrogens is 1. The number of alkyl halides is 3. The van der Waals surface area contributed by atoms with E-state index >= 15 is 4.39 Å². The second-order valence-electron chi connectivity index (χ2n) is 9.63. The van der Waals surface area contributed by atoms with Crippen molar-refractivity contribution in [3.8, 4) is 22.8 Å². The average molecular weight is 564 g/mol. The zero-order valence-electron chi connectivity index (χ0n) is 22.5. The summed E-state index contributed by atoms with van der Waals surface area (Å²) >= 11 is 0. The van der Waals surface area contributed by atoms with Crippen LogP contribution in [0.25, 0.3) is 11.1 Å². The molecule has 0 spiro atoms. The van der Waals surface area contributed by atoms with Crippen LogP contribution < -0.4 is 25.2 Å². The molecule has 0 aliphatic carbocycles. The molecule has 1 saturated heterocycles. The number of likely N-dealkylation sites (N-methyl/N-ethyl adjacent to an activating group) is 1. The van der Waals surface area contributed by atoms with E-state index in [4.69, 9.17) is 9.47 Å². The number of anilines is 2. The number of piperazine rings is 1. The Morgan fingerprint density at radius 2 is 1.77 bits per heavy atom. The van der Waals surface area contributed by atoms with Crippen molar-refractivity contribution in [1.29, 1.82) is 0 Å². The first-order chi connectivity index (χ1) is 18.8. The maximum atomic E-state index is 15.6. The molecule has 2 N–H and O–H groups in total. The number of halogens is 4. The van der Waals surface area contributed by atoms with E-state index in [1.807, 2.05) is 25.8 Å². The lowest BCUT2D eigenvalue weighted by Gasteiger charge is -2.44. The lowest BCUT2D eigenvalue weighted by Crippen LogP contribution is -2.55. The summed E-state index contributed by atoms with van der Waals surface area (Å²) in [5.74, 6) is -1.35. The van der Waals surface area contributed by atoms with Crippen LogP contribution in [0.15, 0.2) is 41.5 Å². The normalized spacial score (nSPS) is 18.0. The van der Waals surface area contributed by atoms with Crippen molar-refractivity contribution < 1.29 is 31.8 Å². The number of hydrogen-bond donors (Lipinski definition) is 2. The van der Waals surface area contributed by atoms with E-state index in [1.165, 1.54) is 38.6 Å². The van der Waals surface area contributed by atoms with Gasteiger partial charge in [-0.25, -0.2) is 9.37 Å². The zero-order valence-corrected chi connectivity index (χ0v) is 22.5. The van der Waals surface area contributed by atoms with Gasteiger partial charge in [0, 0.05) is 54.8 Å². The molecule has 214 valence electrons. The Labute approximate surface area is 227 Å². The van der Waals surface area contributed by atoms with Gasteiger partial charge in [0.1, 0.15) is 5.82 Å². The summed E-state index contributed by atoms with van der Waals surface area (Å²) in [5, 5.41) is 2.53. The zero-order chi connectivity index (χ0) is 29.4. The highest BCUT2D eigenvalue weighted by Gasteiger charge is 2.36. The minimum Gasteiger partial charge on any atom is -0.491 e. The van der Waals surface area contributed by atoms with Crippen molar-refractivity contribution in [2.24, 2.45) is 0 Å². The molecule has 1 unspecified atom stereocenters. The van der Waals surface area contributed by atoms with Crippen LogP contribution in [0.1, 0.15) is 29.8 Å². The molecule has 3 heterocycles. The van der Waals surface area contributed by atoms with Crippen LogP contribution in [0.4, 0.5) is 28.9 Å². The second kappa shape index (κ2) is 11.2. The number of rotatable bonds is 6. The van der Waals surface area contributed by atoms with Gasteiger partial charge in [0.2, 0.25) is 5.56 Å². The summed E-state index contributed by atoms with van der Waals surface area (Å²) < 4.78 is 67.1. The Bertz CT molecular complexity index is 1460. The van der Waals surface area contributed by atoms with Gasteiger partial charge >= 0.3 is 6.18 Å². The number of nitrogens with one attached hydrogen (secondary N) is 2. The van der Waals surface area contributed by atoms with Crippen molar-refractivity contribution in [3.05, 3.63) is 64.0 Å². The van der Waals surface area contributed by atoms with Crippen molar-refractivity contribution in [2.75, 3.05) is 44.6 Å². The van der Waals surface area contributed by atoms with Crippen LogP contribution in [0, 0.1) is 5.82 Å². The Kier molecular flexibility index (Phi) is 8.05. The maximum absolute atomic E-state index is 15.6. The Morgan fingerprint density at radius 1 is 1.10 bits per heavy atom. The van der Waals surface area contributed by atoms with Gasteiger partial charge in [-0.3, -0.25) is 14.5 Å². The van der Waals surface area contributed by atoms with Crippen molar-refractivity contribution >= 4 is 17.3 Å². The Hall–Kier alpha value is -4.13. The van der Waals surface area contributed by atoms with Crippen molar-refractivity contribution in [3.63, 3.8) is 0 Å². The summed E-state index contributed by atoms with van der Waals surface area (Å²) in [4.78, 5) is 35.1. The van der Waals surface area contributed by atoms with E-state index in [-0.39, 0.29) is 40.5 Å². The van der Waals surface area contributed by atoms with Gasteiger partial charge in [-0.2, -0.15) is 13.2 Å². The fourth-order valence-corrected chi connectivity index (χ4v) is 4.71. The average Bonchev–Trinajstić information content (AvgIpc) is 2.91. The monoisotopic (exact) mass is 563 g/mol. The molecular formula is C27H29F4N5O4. The summed E-state index contributed by atoms with van der Waals surface area (Å²) in [5.41, 5.74) is -2.47. The smallest absolute Gasteiger partial charge is 0.417 e. The standard InChI is InChI=1S/C27H29F4N5O4/c1-14-12-36(13-15(2)35(14)3)22-9-20(28)17(16-6-23(39-4)26(40-5)33-10-16)7-21(22)34-25(38)18-11-32-24(37)8-19(18)27(29,30)31/h6-11,14-15H,12-13H2,1-5H3,(H,32,37)(H,34,38)/t14-,15?/m0/s1. The number of aromatic amines is 1. The number of hydrogen-bond acceptors (Lipinski definition) is 7. The number of carbonyl (C=O) groups excluding carboxylic acids is 1. The maximum Gasteiger partial charge on any atom is 0.417 e. The van der Waals surface area contributed by atoms with Crippen LogP contribution in [0.3, 0.4) is 0 Å². The van der Waals surface area contributed by atoms with E-state index < -0.39 is 34.6 Å². The molecule has 4 rings (SSSR count). The predicted octanol–water partition coefficient (Wildman–Crippen LogP) is 4.39. The number of ether oxygens (including phenoxy) is 2. The van der Waals surface area contributed by atoms with Gasteiger partial charge in [0.15, 0.2) is 5.75 Å². The molecule has 1 fully saturated rings. The second-order valence-corrected chi connectivity index (χ2v) is 9.63. The van der Waals surface area contributed by atoms with Crippen molar-refractivity contribution in [2.45, 2.75) is 32.1 Å². The third-order valence-corrected chi connectivity index (χ3v) is 7.05. The largest absolute Gasteiger partial charge is 0.491 e. The number of carbonyl (C=O) groups is 1.